The first-order valence-electron chi connectivity index (χ1n) is 7.46. The first-order valence-corrected chi connectivity index (χ1v) is 8.28. The Balaban J connectivity index is 2.10. The summed E-state index contributed by atoms with van der Waals surface area (Å²) in [7, 11) is 0. The average molecular weight is 289 g/mol. The lowest BCUT2D eigenvalue weighted by Crippen LogP contribution is -2.31. The highest BCUT2D eigenvalue weighted by atomic mass is 32.1. The predicted molar refractivity (Wildman–Crippen MR) is 84.5 cm³/mol. The second-order valence-corrected chi connectivity index (χ2v) is 7.20. The summed E-state index contributed by atoms with van der Waals surface area (Å²) < 4.78 is 2.41. The van der Waals surface area contributed by atoms with E-state index in [-0.39, 0.29) is 12.1 Å². The molecule has 2 atom stereocenters. The topological polar surface area (TPSA) is 43.8 Å². The molecule has 0 saturated carbocycles. The van der Waals surface area contributed by atoms with Gasteiger partial charge in [0, 0.05) is 21.5 Å². The molecule has 2 aromatic heterocycles. The van der Waals surface area contributed by atoms with E-state index in [1.54, 1.807) is 0 Å². The molecule has 0 aromatic carbocycles. The van der Waals surface area contributed by atoms with Crippen molar-refractivity contribution in [2.75, 3.05) is 0 Å². The maximum Gasteiger partial charge on any atom is 0.106 e. The predicted octanol–water partition coefficient (Wildman–Crippen LogP) is 3.38. The first kappa shape index (κ1) is 13.8. The van der Waals surface area contributed by atoms with E-state index < -0.39 is 0 Å². The summed E-state index contributed by atoms with van der Waals surface area (Å²) >= 11 is 1.85. The van der Waals surface area contributed by atoms with Crippen LogP contribution in [0.2, 0.25) is 0 Å². The number of aromatic nitrogens is 2. The zero-order valence-electron chi connectivity index (χ0n) is 12.5. The van der Waals surface area contributed by atoms with Gasteiger partial charge in [0.1, 0.15) is 5.82 Å². The molecule has 0 bridgehead atoms. The standard InChI is InChI=1S/C16H23N3S/c1-10-8-9-15(20-10)16(11(2)17)19-12(3)18-13-6-4-5-7-14(13)19/h8-9,11,16H,4-7,17H2,1-3H3. The van der Waals surface area contributed by atoms with Crippen molar-refractivity contribution in [3.63, 3.8) is 0 Å². The van der Waals surface area contributed by atoms with Gasteiger partial charge in [0.15, 0.2) is 0 Å². The van der Waals surface area contributed by atoms with E-state index in [0.717, 1.165) is 18.7 Å². The smallest absolute Gasteiger partial charge is 0.106 e. The Labute approximate surface area is 124 Å². The quantitative estimate of drug-likeness (QED) is 0.941. The van der Waals surface area contributed by atoms with Crippen LogP contribution in [0.4, 0.5) is 0 Å². The minimum Gasteiger partial charge on any atom is -0.326 e. The molecule has 1 aliphatic carbocycles. The molecule has 2 unspecified atom stereocenters. The third-order valence-electron chi connectivity index (χ3n) is 4.18. The molecule has 2 heterocycles. The van der Waals surface area contributed by atoms with Gasteiger partial charge >= 0.3 is 0 Å². The SMILES string of the molecule is Cc1ccc(C(C(C)N)n2c(C)nc3c2CCCC3)s1. The van der Waals surface area contributed by atoms with Gasteiger partial charge in [0.2, 0.25) is 0 Å². The van der Waals surface area contributed by atoms with Gasteiger partial charge in [-0.3, -0.25) is 0 Å². The first-order chi connectivity index (χ1) is 9.58. The summed E-state index contributed by atoms with van der Waals surface area (Å²) in [5, 5.41) is 0. The summed E-state index contributed by atoms with van der Waals surface area (Å²) in [6.45, 7) is 6.38. The van der Waals surface area contributed by atoms with E-state index >= 15 is 0 Å². The van der Waals surface area contributed by atoms with E-state index in [4.69, 9.17) is 10.7 Å². The highest BCUT2D eigenvalue weighted by Gasteiger charge is 2.27. The van der Waals surface area contributed by atoms with Crippen molar-refractivity contribution >= 4 is 11.3 Å². The van der Waals surface area contributed by atoms with Crippen molar-refractivity contribution in [3.05, 3.63) is 39.1 Å². The Morgan fingerprint density at radius 1 is 1.25 bits per heavy atom. The highest BCUT2D eigenvalue weighted by Crippen LogP contribution is 2.33. The fourth-order valence-corrected chi connectivity index (χ4v) is 4.39. The van der Waals surface area contributed by atoms with Crippen molar-refractivity contribution in [3.8, 4) is 0 Å². The fourth-order valence-electron chi connectivity index (χ4n) is 3.30. The molecule has 2 aromatic rings. The fraction of sp³-hybridized carbons (Fsp3) is 0.562. The third kappa shape index (κ3) is 2.31. The van der Waals surface area contributed by atoms with Crippen LogP contribution in [0.25, 0.3) is 0 Å². The molecular weight excluding hydrogens is 266 g/mol. The van der Waals surface area contributed by atoms with Gasteiger partial charge in [-0.1, -0.05) is 0 Å². The molecule has 0 spiro atoms. The number of hydrogen-bond donors (Lipinski definition) is 1. The summed E-state index contributed by atoms with van der Waals surface area (Å²) in [5.74, 6) is 1.12. The molecule has 0 saturated heterocycles. The van der Waals surface area contributed by atoms with Crippen molar-refractivity contribution in [1.29, 1.82) is 0 Å². The molecular formula is C16H23N3S. The van der Waals surface area contributed by atoms with Gasteiger partial charge in [-0.15, -0.1) is 11.3 Å². The molecule has 2 N–H and O–H groups in total. The van der Waals surface area contributed by atoms with Crippen LogP contribution in [0.5, 0.6) is 0 Å². The zero-order chi connectivity index (χ0) is 14.3. The van der Waals surface area contributed by atoms with Crippen LogP contribution in [0.15, 0.2) is 12.1 Å². The molecule has 4 heteroatoms. The number of nitrogens with zero attached hydrogens (tertiary/aromatic N) is 2. The van der Waals surface area contributed by atoms with Crippen molar-refractivity contribution in [2.24, 2.45) is 5.73 Å². The minimum atomic E-state index is 0.0898. The van der Waals surface area contributed by atoms with Gasteiger partial charge in [-0.2, -0.15) is 0 Å². The number of rotatable bonds is 3. The zero-order valence-corrected chi connectivity index (χ0v) is 13.3. The van der Waals surface area contributed by atoms with Gasteiger partial charge in [0.25, 0.3) is 0 Å². The van der Waals surface area contributed by atoms with Crippen LogP contribution in [-0.4, -0.2) is 15.6 Å². The van der Waals surface area contributed by atoms with Gasteiger partial charge < -0.3 is 10.3 Å². The Morgan fingerprint density at radius 2 is 2.00 bits per heavy atom. The minimum absolute atomic E-state index is 0.0898. The van der Waals surface area contributed by atoms with Crippen LogP contribution in [0, 0.1) is 13.8 Å². The van der Waals surface area contributed by atoms with Crippen LogP contribution in [0.3, 0.4) is 0 Å². The Hall–Kier alpha value is -1.13. The van der Waals surface area contributed by atoms with Crippen LogP contribution < -0.4 is 5.73 Å². The molecule has 0 amide bonds. The van der Waals surface area contributed by atoms with Crippen molar-refractivity contribution < 1.29 is 0 Å². The van der Waals surface area contributed by atoms with E-state index in [2.05, 4.69) is 37.5 Å². The Bertz CT molecular complexity index is 609. The molecule has 3 rings (SSSR count). The largest absolute Gasteiger partial charge is 0.326 e. The van der Waals surface area contributed by atoms with E-state index in [1.165, 1.54) is 34.0 Å². The summed E-state index contributed by atoms with van der Waals surface area (Å²) in [5.41, 5.74) is 9.05. The maximum atomic E-state index is 6.33. The number of hydrogen-bond acceptors (Lipinski definition) is 3. The molecule has 20 heavy (non-hydrogen) atoms. The van der Waals surface area contributed by atoms with Crippen molar-refractivity contribution in [1.82, 2.24) is 9.55 Å². The number of nitrogens with two attached hydrogens (primary N) is 1. The molecule has 3 nitrogen and oxygen atoms in total. The van der Waals surface area contributed by atoms with Crippen LogP contribution in [0.1, 0.15) is 52.8 Å². The van der Waals surface area contributed by atoms with E-state index in [0.29, 0.717) is 0 Å². The van der Waals surface area contributed by atoms with Crippen LogP contribution >= 0.6 is 11.3 Å². The molecule has 0 aliphatic heterocycles. The molecule has 0 fully saturated rings. The lowest BCUT2D eigenvalue weighted by Gasteiger charge is -2.26. The number of fused-ring (bicyclic) bond motifs is 1. The summed E-state index contributed by atoms with van der Waals surface area (Å²) in [6.07, 6.45) is 4.81. The summed E-state index contributed by atoms with van der Waals surface area (Å²) in [4.78, 5) is 7.50. The second kappa shape index (κ2) is 5.34. The Morgan fingerprint density at radius 3 is 2.65 bits per heavy atom. The molecule has 1 aliphatic rings. The lowest BCUT2D eigenvalue weighted by atomic mass is 9.99. The van der Waals surface area contributed by atoms with Gasteiger partial charge in [-0.05, 0) is 58.6 Å². The van der Waals surface area contributed by atoms with Crippen molar-refractivity contribution in [2.45, 2.75) is 58.5 Å². The van der Waals surface area contributed by atoms with Gasteiger partial charge in [-0.25, -0.2) is 4.98 Å². The summed E-state index contributed by atoms with van der Waals surface area (Å²) in [6, 6.07) is 4.73. The second-order valence-electron chi connectivity index (χ2n) is 5.88. The average Bonchev–Trinajstić information content (AvgIpc) is 2.95. The molecule has 108 valence electrons. The van der Waals surface area contributed by atoms with E-state index in [1.807, 2.05) is 11.3 Å². The number of imidazole rings is 1. The van der Waals surface area contributed by atoms with E-state index in [9.17, 15) is 0 Å². The maximum absolute atomic E-state index is 6.33. The van der Waals surface area contributed by atoms with Crippen LogP contribution in [-0.2, 0) is 12.8 Å². The Kier molecular flexibility index (Phi) is 3.69. The number of aryl methyl sites for hydroxylation is 3. The highest BCUT2D eigenvalue weighted by molar-refractivity contribution is 7.12. The lowest BCUT2D eigenvalue weighted by molar-refractivity contribution is 0.471. The van der Waals surface area contributed by atoms with Gasteiger partial charge in [0.05, 0.1) is 11.7 Å². The monoisotopic (exact) mass is 289 g/mol. The molecule has 0 radical (unpaired) electrons. The normalized spacial score (nSPS) is 17.8. The third-order valence-corrected chi connectivity index (χ3v) is 5.25. The number of thiophene rings is 1.